The summed E-state index contributed by atoms with van der Waals surface area (Å²) in [7, 11) is 0. The van der Waals surface area contributed by atoms with Gasteiger partial charge in [0.2, 0.25) is 0 Å². The second-order valence-corrected chi connectivity index (χ2v) is 17.3. The first-order valence-electron chi connectivity index (χ1n) is 25.1. The van der Waals surface area contributed by atoms with Crippen LogP contribution in [0, 0.1) is 0 Å². The molecule has 1 aliphatic rings. The molecule has 9 heteroatoms. The number of allylic oxidation sites excluding steroid dienone is 6. The summed E-state index contributed by atoms with van der Waals surface area (Å²) in [6, 6.07) is 0. The van der Waals surface area contributed by atoms with E-state index in [4.69, 9.17) is 18.9 Å². The fourth-order valence-corrected chi connectivity index (χ4v) is 7.58. The van der Waals surface area contributed by atoms with Gasteiger partial charge in [-0.15, -0.1) is 0 Å². The molecule has 0 aromatic heterocycles. The molecule has 6 unspecified atom stereocenters. The van der Waals surface area contributed by atoms with E-state index in [1.54, 1.807) is 0 Å². The minimum atomic E-state index is -1.54. The Balaban J connectivity index is 2.21. The third-order valence-corrected chi connectivity index (χ3v) is 11.5. The van der Waals surface area contributed by atoms with Crippen LogP contribution in [0.5, 0.6) is 0 Å². The molecule has 0 bridgehead atoms. The van der Waals surface area contributed by atoms with Crippen molar-refractivity contribution in [2.45, 2.75) is 256 Å². The first-order valence-corrected chi connectivity index (χ1v) is 25.1. The number of aliphatic hydroxyl groups excluding tert-OH is 4. The Labute approximate surface area is 368 Å². The number of aliphatic hydroxyl groups is 4. The minimum absolute atomic E-state index is 0.117. The molecular formula is C51H94O9. The molecule has 0 radical (unpaired) electrons. The second kappa shape index (κ2) is 42.7. The number of hydrogen-bond acceptors (Lipinski definition) is 9. The van der Waals surface area contributed by atoms with Gasteiger partial charge in [-0.3, -0.25) is 4.79 Å². The molecule has 0 aliphatic carbocycles. The summed E-state index contributed by atoms with van der Waals surface area (Å²) in [6.45, 7) is 4.55. The summed E-state index contributed by atoms with van der Waals surface area (Å²) >= 11 is 0. The van der Waals surface area contributed by atoms with Gasteiger partial charge in [0, 0.05) is 13.0 Å². The lowest BCUT2D eigenvalue weighted by atomic mass is 9.99. The number of carbonyl (C=O) groups excluding carboxylic acids is 1. The molecule has 1 rings (SSSR count). The van der Waals surface area contributed by atoms with E-state index in [0.29, 0.717) is 13.0 Å². The lowest BCUT2D eigenvalue weighted by molar-refractivity contribution is -0.305. The van der Waals surface area contributed by atoms with Gasteiger partial charge in [-0.05, 0) is 70.6 Å². The Morgan fingerprint density at radius 2 is 0.967 bits per heavy atom. The van der Waals surface area contributed by atoms with Crippen molar-refractivity contribution in [1.29, 1.82) is 0 Å². The molecule has 4 N–H and O–H groups in total. The Morgan fingerprint density at radius 1 is 0.533 bits per heavy atom. The summed E-state index contributed by atoms with van der Waals surface area (Å²) in [6.07, 6.45) is 44.6. The third kappa shape index (κ3) is 33.0. The molecule has 352 valence electrons. The average molecular weight is 851 g/mol. The maximum atomic E-state index is 12.8. The molecule has 1 fully saturated rings. The highest BCUT2D eigenvalue weighted by Gasteiger charge is 2.44. The minimum Gasteiger partial charge on any atom is -0.457 e. The van der Waals surface area contributed by atoms with E-state index in [0.717, 1.165) is 51.4 Å². The summed E-state index contributed by atoms with van der Waals surface area (Å²) in [5.41, 5.74) is 0. The van der Waals surface area contributed by atoms with Crippen LogP contribution in [0.15, 0.2) is 36.5 Å². The molecule has 9 nitrogen and oxygen atoms in total. The number of unbranched alkanes of at least 4 members (excludes halogenated alkanes) is 26. The molecular weight excluding hydrogens is 757 g/mol. The van der Waals surface area contributed by atoms with Crippen molar-refractivity contribution >= 4 is 5.97 Å². The first-order chi connectivity index (χ1) is 29.4. The number of rotatable bonds is 43. The van der Waals surface area contributed by atoms with Gasteiger partial charge in [-0.1, -0.05) is 179 Å². The summed E-state index contributed by atoms with van der Waals surface area (Å²) in [5.74, 6) is -0.322. The highest BCUT2D eigenvalue weighted by Crippen LogP contribution is 2.23. The van der Waals surface area contributed by atoms with Crippen LogP contribution >= 0.6 is 0 Å². The molecule has 60 heavy (non-hydrogen) atoms. The average Bonchev–Trinajstić information content (AvgIpc) is 3.25. The second-order valence-electron chi connectivity index (χ2n) is 17.3. The van der Waals surface area contributed by atoms with Gasteiger partial charge in [0.15, 0.2) is 6.29 Å². The van der Waals surface area contributed by atoms with Gasteiger partial charge in [0.1, 0.15) is 30.5 Å². The Hall–Kier alpha value is -1.59. The van der Waals surface area contributed by atoms with Gasteiger partial charge in [-0.2, -0.15) is 0 Å². The van der Waals surface area contributed by atoms with Crippen LogP contribution in [0.2, 0.25) is 0 Å². The monoisotopic (exact) mass is 851 g/mol. The summed E-state index contributed by atoms with van der Waals surface area (Å²) in [4.78, 5) is 12.8. The van der Waals surface area contributed by atoms with Crippen LogP contribution in [0.1, 0.15) is 219 Å². The first kappa shape index (κ1) is 56.4. The normalized spacial score (nSPS) is 20.3. The van der Waals surface area contributed by atoms with Crippen molar-refractivity contribution in [3.05, 3.63) is 36.5 Å². The topological polar surface area (TPSA) is 135 Å². The predicted molar refractivity (Wildman–Crippen MR) is 247 cm³/mol. The predicted octanol–water partition coefficient (Wildman–Crippen LogP) is 11.9. The SMILES string of the molecule is CCCCCCC/C=C\C/C=C\CCCCCCCCCCCCOCC(COC1OC(CO)C(O)C(O)C1O)OC(=O)CCCCCCC/C=C\CCCCCCCC. The van der Waals surface area contributed by atoms with Gasteiger partial charge in [0.25, 0.3) is 0 Å². The Bertz CT molecular complexity index is 1010. The maximum absolute atomic E-state index is 12.8. The molecule has 0 saturated carbocycles. The van der Waals surface area contributed by atoms with Crippen molar-refractivity contribution in [2.75, 3.05) is 26.4 Å². The van der Waals surface area contributed by atoms with E-state index in [-0.39, 0.29) is 19.2 Å². The Kier molecular flexibility index (Phi) is 40.2. The molecule has 6 atom stereocenters. The van der Waals surface area contributed by atoms with Crippen molar-refractivity contribution < 1.29 is 44.2 Å². The van der Waals surface area contributed by atoms with Gasteiger partial charge in [-0.25, -0.2) is 0 Å². The van der Waals surface area contributed by atoms with Crippen molar-refractivity contribution in [2.24, 2.45) is 0 Å². The lowest BCUT2D eigenvalue weighted by Crippen LogP contribution is -2.59. The van der Waals surface area contributed by atoms with E-state index in [9.17, 15) is 25.2 Å². The standard InChI is InChI=1S/C51H94O9/c1-3-5-7-9-11-13-15-17-19-20-21-22-23-24-25-27-29-31-33-35-37-39-41-57-43-45(44-58-51-50(56)49(55)48(54)46(42-52)60-51)59-47(53)40-38-36-34-32-30-28-26-18-16-14-12-10-8-6-4-2/h15,17-18,20-21,26,45-46,48-52,54-56H,3-14,16,19,22-25,27-44H2,1-2H3/b17-15-,21-20-,26-18-. The van der Waals surface area contributed by atoms with E-state index in [1.165, 1.54) is 148 Å². The summed E-state index contributed by atoms with van der Waals surface area (Å²) < 4.78 is 22.9. The fraction of sp³-hybridized carbons (Fsp3) is 0.863. The third-order valence-electron chi connectivity index (χ3n) is 11.5. The molecule has 0 aromatic carbocycles. The van der Waals surface area contributed by atoms with E-state index < -0.39 is 43.4 Å². The van der Waals surface area contributed by atoms with Crippen LogP contribution in [-0.2, 0) is 23.7 Å². The van der Waals surface area contributed by atoms with Crippen LogP contribution in [0.4, 0.5) is 0 Å². The lowest BCUT2D eigenvalue weighted by Gasteiger charge is -2.39. The summed E-state index contributed by atoms with van der Waals surface area (Å²) in [5, 5.41) is 40.2. The van der Waals surface area contributed by atoms with Crippen molar-refractivity contribution in [3.8, 4) is 0 Å². The van der Waals surface area contributed by atoms with Crippen molar-refractivity contribution in [3.63, 3.8) is 0 Å². The van der Waals surface area contributed by atoms with Gasteiger partial charge >= 0.3 is 5.97 Å². The molecule has 1 heterocycles. The van der Waals surface area contributed by atoms with Crippen molar-refractivity contribution in [1.82, 2.24) is 0 Å². The zero-order valence-corrected chi connectivity index (χ0v) is 38.7. The van der Waals surface area contributed by atoms with Crippen LogP contribution in [0.25, 0.3) is 0 Å². The van der Waals surface area contributed by atoms with E-state index >= 15 is 0 Å². The number of carbonyl (C=O) groups is 1. The van der Waals surface area contributed by atoms with Crippen LogP contribution in [-0.4, -0.2) is 89.6 Å². The Morgan fingerprint density at radius 3 is 1.45 bits per heavy atom. The highest BCUT2D eigenvalue weighted by molar-refractivity contribution is 5.69. The largest absolute Gasteiger partial charge is 0.457 e. The molecule has 1 aliphatic heterocycles. The zero-order chi connectivity index (χ0) is 43.6. The molecule has 0 spiro atoms. The molecule has 0 amide bonds. The van der Waals surface area contributed by atoms with Gasteiger partial charge in [0.05, 0.1) is 19.8 Å². The number of esters is 1. The van der Waals surface area contributed by atoms with Crippen LogP contribution in [0.3, 0.4) is 0 Å². The quantitative estimate of drug-likeness (QED) is 0.0269. The zero-order valence-electron chi connectivity index (χ0n) is 38.7. The van der Waals surface area contributed by atoms with Crippen LogP contribution < -0.4 is 0 Å². The maximum Gasteiger partial charge on any atom is 0.306 e. The fourth-order valence-electron chi connectivity index (χ4n) is 7.58. The van der Waals surface area contributed by atoms with Gasteiger partial charge < -0.3 is 39.4 Å². The highest BCUT2D eigenvalue weighted by atomic mass is 16.7. The molecule has 1 saturated heterocycles. The van der Waals surface area contributed by atoms with E-state index in [1.807, 2.05) is 0 Å². The molecule has 0 aromatic rings. The smallest absolute Gasteiger partial charge is 0.306 e. The number of ether oxygens (including phenoxy) is 4. The number of hydrogen-bond donors (Lipinski definition) is 4. The van der Waals surface area contributed by atoms with E-state index in [2.05, 4.69) is 50.3 Å².